The summed E-state index contributed by atoms with van der Waals surface area (Å²) in [5.74, 6) is 0.524. The van der Waals surface area contributed by atoms with E-state index in [1.807, 2.05) is 6.92 Å². The van der Waals surface area contributed by atoms with Gasteiger partial charge in [0, 0.05) is 45.2 Å². The highest BCUT2D eigenvalue weighted by Gasteiger charge is 2.25. The van der Waals surface area contributed by atoms with Crippen LogP contribution in [0.15, 0.2) is 0 Å². The Morgan fingerprint density at radius 3 is 2.58 bits per heavy atom. The fourth-order valence-electron chi connectivity index (χ4n) is 2.61. The van der Waals surface area contributed by atoms with Crippen LogP contribution in [0.25, 0.3) is 0 Å². The molecule has 0 bridgehead atoms. The van der Waals surface area contributed by atoms with Crippen molar-refractivity contribution in [2.24, 2.45) is 5.92 Å². The van der Waals surface area contributed by atoms with E-state index >= 15 is 0 Å². The predicted octanol–water partition coefficient (Wildman–Crippen LogP) is 0.432. The van der Waals surface area contributed by atoms with E-state index in [0.29, 0.717) is 0 Å². The van der Waals surface area contributed by atoms with Crippen molar-refractivity contribution in [2.75, 3.05) is 39.3 Å². The number of carbonyl (C=O) groups excluding carboxylic acids is 1. The fourth-order valence-corrected chi connectivity index (χ4v) is 2.61. The van der Waals surface area contributed by atoms with Gasteiger partial charge in [-0.25, -0.2) is 0 Å². The molecule has 5 nitrogen and oxygen atoms in total. The molecule has 5 heteroatoms. The minimum absolute atomic E-state index is 0.0143. The number of nitrogens with zero attached hydrogens (tertiary/aromatic N) is 3. The summed E-state index contributed by atoms with van der Waals surface area (Å²) in [7, 11) is 0. The van der Waals surface area contributed by atoms with Gasteiger partial charge in [0.2, 0.25) is 5.91 Å². The van der Waals surface area contributed by atoms with Gasteiger partial charge < -0.3 is 5.32 Å². The molecule has 1 heterocycles. The lowest BCUT2D eigenvalue weighted by Gasteiger charge is -2.36. The molecule has 0 radical (unpaired) electrons. The zero-order valence-corrected chi connectivity index (χ0v) is 11.8. The molecule has 0 spiro atoms. The van der Waals surface area contributed by atoms with Gasteiger partial charge in [-0.2, -0.15) is 5.26 Å². The molecule has 0 aromatic heterocycles. The van der Waals surface area contributed by atoms with Gasteiger partial charge in [0.05, 0.1) is 12.1 Å². The normalized spacial score (nSPS) is 23.4. The molecule has 2 aliphatic rings. The summed E-state index contributed by atoms with van der Waals surface area (Å²) >= 11 is 0. The number of rotatable bonds is 5. The summed E-state index contributed by atoms with van der Waals surface area (Å²) in [4.78, 5) is 16.2. The Morgan fingerprint density at radius 1 is 1.37 bits per heavy atom. The monoisotopic (exact) mass is 264 g/mol. The van der Waals surface area contributed by atoms with Crippen LogP contribution in [0.4, 0.5) is 0 Å². The van der Waals surface area contributed by atoms with Gasteiger partial charge >= 0.3 is 0 Å². The van der Waals surface area contributed by atoms with Crippen LogP contribution in [0.1, 0.15) is 26.2 Å². The van der Waals surface area contributed by atoms with Crippen LogP contribution < -0.4 is 5.32 Å². The topological polar surface area (TPSA) is 59.4 Å². The largest absolute Gasteiger partial charge is 0.355 e. The Bertz CT molecular complexity index is 340. The van der Waals surface area contributed by atoms with Gasteiger partial charge in [0.15, 0.2) is 0 Å². The smallest absolute Gasteiger partial charge is 0.223 e. The van der Waals surface area contributed by atoms with Gasteiger partial charge in [0.1, 0.15) is 0 Å². The Balaban J connectivity index is 1.58. The van der Waals surface area contributed by atoms with E-state index in [0.717, 1.165) is 52.1 Å². The molecule has 1 N–H and O–H groups in total. The van der Waals surface area contributed by atoms with E-state index < -0.39 is 0 Å². The Morgan fingerprint density at radius 2 is 2.05 bits per heavy atom. The third-order valence-corrected chi connectivity index (χ3v) is 4.34. The Labute approximate surface area is 115 Å². The SMILES string of the molecule is C[C@H](C#N)N1CCN(CCNC(=O)C2CCC2)CC1. The zero-order chi connectivity index (χ0) is 13.7. The molecular formula is C14H24N4O. The van der Waals surface area contributed by atoms with Gasteiger partial charge in [-0.05, 0) is 19.8 Å². The van der Waals surface area contributed by atoms with Crippen molar-refractivity contribution >= 4 is 5.91 Å². The molecule has 19 heavy (non-hydrogen) atoms. The zero-order valence-electron chi connectivity index (χ0n) is 11.8. The number of nitriles is 1. The fraction of sp³-hybridized carbons (Fsp3) is 0.857. The lowest BCUT2D eigenvalue weighted by Crippen LogP contribution is -2.51. The first-order chi connectivity index (χ1) is 9.20. The summed E-state index contributed by atoms with van der Waals surface area (Å²) in [6.45, 7) is 7.51. The highest BCUT2D eigenvalue weighted by molar-refractivity contribution is 5.79. The lowest BCUT2D eigenvalue weighted by atomic mass is 9.85. The minimum Gasteiger partial charge on any atom is -0.355 e. The molecule has 2 fully saturated rings. The summed E-state index contributed by atoms with van der Waals surface area (Å²) in [6.07, 6.45) is 3.34. The molecule has 0 unspecified atom stereocenters. The van der Waals surface area contributed by atoms with Gasteiger partial charge in [-0.15, -0.1) is 0 Å². The first-order valence-corrected chi connectivity index (χ1v) is 7.34. The lowest BCUT2D eigenvalue weighted by molar-refractivity contribution is -0.127. The average molecular weight is 264 g/mol. The second-order valence-corrected chi connectivity index (χ2v) is 5.60. The van der Waals surface area contributed by atoms with Crippen LogP contribution in [-0.4, -0.2) is 61.0 Å². The third-order valence-electron chi connectivity index (χ3n) is 4.34. The quantitative estimate of drug-likeness (QED) is 0.782. The highest BCUT2D eigenvalue weighted by Crippen LogP contribution is 2.25. The number of amides is 1. The molecule has 1 saturated carbocycles. The summed E-state index contributed by atoms with van der Waals surface area (Å²) < 4.78 is 0. The van der Waals surface area contributed by atoms with E-state index in [1.54, 1.807) is 0 Å². The number of nitrogens with one attached hydrogen (secondary N) is 1. The molecule has 1 aliphatic heterocycles. The van der Waals surface area contributed by atoms with Crippen molar-refractivity contribution < 1.29 is 4.79 Å². The van der Waals surface area contributed by atoms with Crippen LogP contribution in [0, 0.1) is 17.2 Å². The molecule has 1 aliphatic carbocycles. The van der Waals surface area contributed by atoms with Crippen LogP contribution in [0.2, 0.25) is 0 Å². The number of hydrogen-bond donors (Lipinski definition) is 1. The number of carbonyl (C=O) groups is 1. The molecule has 0 aromatic rings. The molecule has 1 saturated heterocycles. The van der Waals surface area contributed by atoms with Crippen molar-refractivity contribution in [1.82, 2.24) is 15.1 Å². The van der Waals surface area contributed by atoms with E-state index in [9.17, 15) is 4.79 Å². The molecular weight excluding hydrogens is 240 g/mol. The van der Waals surface area contributed by atoms with E-state index in [4.69, 9.17) is 5.26 Å². The van der Waals surface area contributed by atoms with E-state index in [2.05, 4.69) is 21.2 Å². The van der Waals surface area contributed by atoms with Crippen molar-refractivity contribution in [2.45, 2.75) is 32.2 Å². The predicted molar refractivity (Wildman–Crippen MR) is 73.4 cm³/mol. The first kappa shape index (κ1) is 14.3. The van der Waals surface area contributed by atoms with Crippen LogP contribution in [0.5, 0.6) is 0 Å². The molecule has 0 aromatic carbocycles. The van der Waals surface area contributed by atoms with E-state index in [1.165, 1.54) is 6.42 Å². The summed E-state index contributed by atoms with van der Waals surface area (Å²) in [6, 6.07) is 2.30. The highest BCUT2D eigenvalue weighted by atomic mass is 16.1. The molecule has 1 amide bonds. The second kappa shape index (κ2) is 6.88. The molecule has 1 atom stereocenters. The van der Waals surface area contributed by atoms with Crippen LogP contribution >= 0.6 is 0 Å². The first-order valence-electron chi connectivity index (χ1n) is 7.34. The van der Waals surface area contributed by atoms with Crippen LogP contribution in [-0.2, 0) is 4.79 Å². The average Bonchev–Trinajstić information content (AvgIpc) is 2.36. The summed E-state index contributed by atoms with van der Waals surface area (Å²) in [5, 5.41) is 11.9. The van der Waals surface area contributed by atoms with Gasteiger partial charge in [-0.1, -0.05) is 6.42 Å². The third kappa shape index (κ3) is 3.92. The van der Waals surface area contributed by atoms with Crippen molar-refractivity contribution in [3.63, 3.8) is 0 Å². The number of piperazine rings is 1. The maximum atomic E-state index is 11.7. The second-order valence-electron chi connectivity index (χ2n) is 5.60. The maximum absolute atomic E-state index is 11.7. The van der Waals surface area contributed by atoms with Gasteiger partial charge in [0.25, 0.3) is 0 Å². The Hall–Kier alpha value is -1.12. The summed E-state index contributed by atoms with van der Waals surface area (Å²) in [5.41, 5.74) is 0. The maximum Gasteiger partial charge on any atom is 0.223 e. The minimum atomic E-state index is 0.0143. The van der Waals surface area contributed by atoms with Gasteiger partial charge in [-0.3, -0.25) is 14.6 Å². The molecule has 106 valence electrons. The van der Waals surface area contributed by atoms with E-state index in [-0.39, 0.29) is 17.9 Å². The standard InChI is InChI=1S/C14H24N4O/c1-12(11-15)18-9-7-17(8-10-18)6-5-16-14(19)13-3-2-4-13/h12-13H,2-10H2,1H3,(H,16,19)/t12-/m1/s1. The van der Waals surface area contributed by atoms with Crippen molar-refractivity contribution in [3.05, 3.63) is 0 Å². The van der Waals surface area contributed by atoms with Crippen molar-refractivity contribution in [1.29, 1.82) is 5.26 Å². The Kier molecular flexibility index (Phi) is 5.17. The molecule has 2 rings (SSSR count). The van der Waals surface area contributed by atoms with Crippen molar-refractivity contribution in [3.8, 4) is 6.07 Å². The van der Waals surface area contributed by atoms with Crippen LogP contribution in [0.3, 0.4) is 0 Å². The number of hydrogen-bond acceptors (Lipinski definition) is 4.